The minimum Gasteiger partial charge on any atom is -0.488 e. The predicted molar refractivity (Wildman–Crippen MR) is 117 cm³/mol. The fourth-order valence-corrected chi connectivity index (χ4v) is 3.20. The van der Waals surface area contributed by atoms with E-state index in [0.29, 0.717) is 28.7 Å². The molecule has 0 saturated carbocycles. The summed E-state index contributed by atoms with van der Waals surface area (Å²) in [5.74, 6) is 1.30. The molecule has 2 aromatic carbocycles. The summed E-state index contributed by atoms with van der Waals surface area (Å²) in [5.41, 5.74) is 2.83. The van der Waals surface area contributed by atoms with Crippen molar-refractivity contribution in [1.29, 1.82) is 0 Å². The highest BCUT2D eigenvalue weighted by Gasteiger charge is 2.21. The van der Waals surface area contributed by atoms with Crippen LogP contribution in [0.5, 0.6) is 5.75 Å². The van der Waals surface area contributed by atoms with E-state index in [1.165, 1.54) is 0 Å². The quantitative estimate of drug-likeness (QED) is 0.439. The minimum atomic E-state index is -0.406. The number of nitrogens with zero attached hydrogens (tertiary/aromatic N) is 3. The lowest BCUT2D eigenvalue weighted by atomic mass is 10.2. The van der Waals surface area contributed by atoms with Crippen LogP contribution in [-0.2, 0) is 13.2 Å². The molecule has 2 heterocycles. The number of anilines is 1. The minimum absolute atomic E-state index is 0.175. The highest BCUT2D eigenvalue weighted by molar-refractivity contribution is 6.30. The molecule has 0 fully saturated rings. The van der Waals surface area contributed by atoms with Crippen LogP contribution in [-0.4, -0.2) is 20.8 Å². The van der Waals surface area contributed by atoms with Gasteiger partial charge in [0.05, 0.1) is 12.1 Å². The van der Waals surface area contributed by atoms with E-state index in [1.54, 1.807) is 23.9 Å². The Hall–Kier alpha value is -3.58. The van der Waals surface area contributed by atoms with Crippen LogP contribution in [0.1, 0.15) is 32.9 Å². The number of halogens is 1. The summed E-state index contributed by atoms with van der Waals surface area (Å²) in [6.07, 6.45) is 1.79. The summed E-state index contributed by atoms with van der Waals surface area (Å²) in [6.45, 7) is 4.45. The normalized spacial score (nSPS) is 10.8. The summed E-state index contributed by atoms with van der Waals surface area (Å²) >= 11 is 5.92. The maximum Gasteiger partial charge on any atom is 0.279 e. The van der Waals surface area contributed by atoms with Crippen LogP contribution < -0.4 is 10.1 Å². The smallest absolute Gasteiger partial charge is 0.279 e. The third-order valence-electron chi connectivity index (χ3n) is 4.81. The van der Waals surface area contributed by atoms with Gasteiger partial charge in [-0.1, -0.05) is 47.1 Å². The second-order valence-electron chi connectivity index (χ2n) is 7.10. The molecule has 0 aliphatic carbocycles. The van der Waals surface area contributed by atoms with Crippen molar-refractivity contribution in [3.8, 4) is 5.75 Å². The van der Waals surface area contributed by atoms with Crippen molar-refractivity contribution >= 4 is 23.3 Å². The topological polar surface area (TPSA) is 82.2 Å². The molecule has 1 N–H and O–H groups in total. The Bertz CT molecular complexity index is 1200. The number of ether oxygens (including phenoxy) is 1. The number of carbonyl (C=O) groups is 1. The molecule has 4 rings (SSSR count). The van der Waals surface area contributed by atoms with Gasteiger partial charge in [0.1, 0.15) is 18.1 Å². The fraction of sp³-hybridized carbons (Fsp3) is 0.174. The van der Waals surface area contributed by atoms with E-state index in [-0.39, 0.29) is 12.3 Å². The van der Waals surface area contributed by atoms with Gasteiger partial charge in [-0.2, -0.15) is 5.10 Å². The van der Waals surface area contributed by atoms with Crippen molar-refractivity contribution in [3.05, 3.63) is 94.0 Å². The molecule has 7 nitrogen and oxygen atoms in total. The van der Waals surface area contributed by atoms with E-state index in [1.807, 2.05) is 55.5 Å². The number of nitrogens with one attached hydrogen (secondary N) is 1. The lowest BCUT2D eigenvalue weighted by Crippen LogP contribution is -2.16. The molecule has 0 radical (unpaired) electrons. The van der Waals surface area contributed by atoms with Gasteiger partial charge in [-0.3, -0.25) is 9.48 Å². The van der Waals surface area contributed by atoms with E-state index in [2.05, 4.69) is 15.6 Å². The van der Waals surface area contributed by atoms with Gasteiger partial charge in [0, 0.05) is 17.3 Å². The molecule has 0 atom stereocenters. The van der Waals surface area contributed by atoms with Crippen LogP contribution in [0, 0.1) is 13.8 Å². The molecular formula is C23H21ClN4O3. The Morgan fingerprint density at radius 3 is 2.68 bits per heavy atom. The number of hydrogen-bond acceptors (Lipinski definition) is 5. The third-order valence-corrected chi connectivity index (χ3v) is 5.06. The molecule has 0 spiro atoms. The predicted octanol–water partition coefficient (Wildman–Crippen LogP) is 5.02. The number of benzene rings is 2. The van der Waals surface area contributed by atoms with E-state index >= 15 is 0 Å². The molecule has 8 heteroatoms. The van der Waals surface area contributed by atoms with Gasteiger partial charge in [-0.05, 0) is 43.2 Å². The summed E-state index contributed by atoms with van der Waals surface area (Å²) in [5, 5.41) is 11.8. The first-order chi connectivity index (χ1) is 15.0. The second kappa shape index (κ2) is 9.06. The third kappa shape index (κ3) is 4.95. The highest BCUT2D eigenvalue weighted by Crippen LogP contribution is 2.21. The zero-order valence-corrected chi connectivity index (χ0v) is 17.9. The maximum atomic E-state index is 12.8. The first kappa shape index (κ1) is 20.7. The van der Waals surface area contributed by atoms with Gasteiger partial charge in [0.2, 0.25) is 0 Å². The molecule has 0 unspecified atom stereocenters. The first-order valence-corrected chi connectivity index (χ1v) is 10.1. The average Bonchev–Trinajstić information content (AvgIpc) is 3.35. The van der Waals surface area contributed by atoms with E-state index in [9.17, 15) is 4.79 Å². The van der Waals surface area contributed by atoms with Gasteiger partial charge in [0.15, 0.2) is 11.5 Å². The van der Waals surface area contributed by atoms with E-state index in [0.717, 1.165) is 16.9 Å². The van der Waals surface area contributed by atoms with Crippen LogP contribution in [0.15, 0.2) is 65.3 Å². The van der Waals surface area contributed by atoms with Crippen LogP contribution in [0.4, 0.5) is 5.82 Å². The number of aromatic nitrogens is 3. The largest absolute Gasteiger partial charge is 0.488 e. The zero-order chi connectivity index (χ0) is 21.8. The Kier molecular flexibility index (Phi) is 6.04. The SMILES string of the molecule is Cc1ccccc1OCc1c(C(=O)Nc2ccn(Cc3ccc(Cl)cc3)n2)noc1C. The van der Waals surface area contributed by atoms with E-state index in [4.69, 9.17) is 20.9 Å². The molecule has 0 saturated heterocycles. The Morgan fingerprint density at radius 1 is 1.13 bits per heavy atom. The van der Waals surface area contributed by atoms with Crippen molar-refractivity contribution in [3.63, 3.8) is 0 Å². The Labute approximate surface area is 184 Å². The number of rotatable bonds is 7. The number of carbonyl (C=O) groups excluding carboxylic acids is 1. The summed E-state index contributed by atoms with van der Waals surface area (Å²) < 4.78 is 12.8. The Balaban J connectivity index is 1.43. The van der Waals surface area contributed by atoms with Crippen molar-refractivity contribution in [1.82, 2.24) is 14.9 Å². The average molecular weight is 437 g/mol. The lowest BCUT2D eigenvalue weighted by Gasteiger charge is -2.09. The molecule has 31 heavy (non-hydrogen) atoms. The summed E-state index contributed by atoms with van der Waals surface area (Å²) in [7, 11) is 0. The van der Waals surface area contributed by atoms with Crippen LogP contribution in [0.25, 0.3) is 0 Å². The molecule has 0 bridgehead atoms. The molecule has 0 aliphatic rings. The van der Waals surface area contributed by atoms with Crippen molar-refractivity contribution in [2.24, 2.45) is 0 Å². The summed E-state index contributed by atoms with van der Waals surface area (Å²) in [6, 6.07) is 16.9. The zero-order valence-electron chi connectivity index (χ0n) is 17.1. The van der Waals surface area contributed by atoms with Gasteiger partial charge < -0.3 is 14.6 Å². The molecular weight excluding hydrogens is 416 g/mol. The van der Waals surface area contributed by atoms with Gasteiger partial charge in [-0.15, -0.1) is 0 Å². The second-order valence-corrected chi connectivity index (χ2v) is 7.54. The monoisotopic (exact) mass is 436 g/mol. The number of amides is 1. The molecule has 1 amide bonds. The van der Waals surface area contributed by atoms with Crippen LogP contribution in [0.2, 0.25) is 5.02 Å². The standard InChI is InChI=1S/C23H21ClN4O3/c1-15-5-3-4-6-20(15)30-14-19-16(2)31-27-22(19)23(29)25-21-11-12-28(26-21)13-17-7-9-18(24)10-8-17/h3-12H,13-14H2,1-2H3,(H,25,26,29). The fourth-order valence-electron chi connectivity index (χ4n) is 3.08. The maximum absolute atomic E-state index is 12.8. The van der Waals surface area contributed by atoms with Gasteiger partial charge in [0.25, 0.3) is 5.91 Å². The molecule has 4 aromatic rings. The number of aryl methyl sites for hydroxylation is 2. The molecule has 2 aromatic heterocycles. The lowest BCUT2D eigenvalue weighted by molar-refractivity contribution is 0.101. The number of para-hydroxylation sites is 1. The first-order valence-electron chi connectivity index (χ1n) is 9.72. The molecule has 0 aliphatic heterocycles. The van der Waals surface area contributed by atoms with Crippen molar-refractivity contribution < 1.29 is 14.1 Å². The van der Waals surface area contributed by atoms with Crippen molar-refractivity contribution in [2.45, 2.75) is 27.0 Å². The number of hydrogen-bond donors (Lipinski definition) is 1. The summed E-state index contributed by atoms with van der Waals surface area (Å²) in [4.78, 5) is 12.8. The van der Waals surface area contributed by atoms with Crippen molar-refractivity contribution in [2.75, 3.05) is 5.32 Å². The van der Waals surface area contributed by atoms with Gasteiger partial charge in [-0.25, -0.2) is 0 Å². The van der Waals surface area contributed by atoms with Gasteiger partial charge >= 0.3 is 0 Å². The van der Waals surface area contributed by atoms with Crippen LogP contribution in [0.3, 0.4) is 0 Å². The van der Waals surface area contributed by atoms with E-state index < -0.39 is 5.91 Å². The Morgan fingerprint density at radius 2 is 1.90 bits per heavy atom. The van der Waals surface area contributed by atoms with Crippen LogP contribution >= 0.6 is 11.6 Å². The highest BCUT2D eigenvalue weighted by atomic mass is 35.5. The molecule has 158 valence electrons.